The van der Waals surface area contributed by atoms with Crippen LogP contribution in [-0.2, 0) is 4.79 Å². The van der Waals surface area contributed by atoms with Gasteiger partial charge in [-0.2, -0.15) is 0 Å². The highest BCUT2D eigenvalue weighted by Gasteiger charge is 2.25. The van der Waals surface area contributed by atoms with Crippen LogP contribution < -0.4 is 10.6 Å². The fourth-order valence-corrected chi connectivity index (χ4v) is 5.12. The zero-order valence-electron chi connectivity index (χ0n) is 17.7. The molecule has 1 aromatic heterocycles. The van der Waals surface area contributed by atoms with Crippen LogP contribution in [0.2, 0.25) is 0 Å². The first kappa shape index (κ1) is 24.4. The van der Waals surface area contributed by atoms with Crippen LogP contribution in [0, 0.1) is 0 Å². The maximum atomic E-state index is 12.5. The first-order valence-electron chi connectivity index (χ1n) is 10.7. The maximum absolute atomic E-state index is 12.5. The minimum absolute atomic E-state index is 0. The number of hydrogen-bond acceptors (Lipinski definition) is 4. The van der Waals surface area contributed by atoms with Crippen molar-refractivity contribution in [2.45, 2.75) is 57.5 Å². The molecule has 1 amide bonds. The molecular weight excluding hydrogens is 497 g/mol. The van der Waals surface area contributed by atoms with E-state index >= 15 is 0 Å². The summed E-state index contributed by atoms with van der Waals surface area (Å²) >= 11 is 1.82. The average Bonchev–Trinajstić information content (AvgIpc) is 3.41. The smallest absolute Gasteiger partial charge is 0.224 e. The van der Waals surface area contributed by atoms with Gasteiger partial charge in [-0.3, -0.25) is 14.7 Å². The number of rotatable bonds is 7. The molecule has 2 fully saturated rings. The topological polar surface area (TPSA) is 60.0 Å². The predicted molar refractivity (Wildman–Crippen MR) is 132 cm³/mol. The van der Waals surface area contributed by atoms with Crippen LogP contribution in [0.4, 0.5) is 0 Å². The molecule has 2 aliphatic rings. The number of halogens is 1. The lowest BCUT2D eigenvalue weighted by atomic mass is 10.0. The van der Waals surface area contributed by atoms with Gasteiger partial charge in [0.05, 0.1) is 6.04 Å². The van der Waals surface area contributed by atoms with Gasteiger partial charge in [-0.1, -0.05) is 6.07 Å². The van der Waals surface area contributed by atoms with E-state index in [2.05, 4.69) is 45.0 Å². The molecule has 0 saturated carbocycles. The van der Waals surface area contributed by atoms with Crippen molar-refractivity contribution in [2.24, 2.45) is 4.99 Å². The predicted octanol–water partition coefficient (Wildman–Crippen LogP) is 3.46. The fourth-order valence-electron chi connectivity index (χ4n) is 4.26. The van der Waals surface area contributed by atoms with E-state index in [1.54, 1.807) is 7.05 Å². The molecule has 3 heterocycles. The van der Waals surface area contributed by atoms with Crippen molar-refractivity contribution in [3.05, 3.63) is 22.4 Å². The maximum Gasteiger partial charge on any atom is 0.224 e. The summed E-state index contributed by atoms with van der Waals surface area (Å²) < 4.78 is 0. The Kier molecular flexibility index (Phi) is 10.7. The van der Waals surface area contributed by atoms with Gasteiger partial charge in [0.2, 0.25) is 5.91 Å². The minimum Gasteiger partial charge on any atom is -0.356 e. The molecule has 164 valence electrons. The van der Waals surface area contributed by atoms with Gasteiger partial charge in [-0.15, -0.1) is 35.3 Å². The zero-order valence-corrected chi connectivity index (χ0v) is 20.9. The number of amides is 1. The van der Waals surface area contributed by atoms with Gasteiger partial charge in [0.25, 0.3) is 0 Å². The van der Waals surface area contributed by atoms with Crippen LogP contribution in [0.15, 0.2) is 22.5 Å². The molecule has 8 heteroatoms. The third-order valence-corrected chi connectivity index (χ3v) is 6.87. The first-order chi connectivity index (χ1) is 13.7. The Labute approximate surface area is 196 Å². The van der Waals surface area contributed by atoms with Gasteiger partial charge in [-0.05, 0) is 63.6 Å². The molecule has 6 nitrogen and oxygen atoms in total. The Morgan fingerprint density at radius 1 is 1.24 bits per heavy atom. The highest BCUT2D eigenvalue weighted by Crippen LogP contribution is 2.27. The monoisotopic (exact) mass is 533 g/mol. The van der Waals surface area contributed by atoms with Crippen molar-refractivity contribution in [1.29, 1.82) is 0 Å². The number of piperidine rings is 1. The molecule has 0 aliphatic carbocycles. The van der Waals surface area contributed by atoms with Crippen LogP contribution in [0.25, 0.3) is 0 Å². The number of aliphatic imine (C=N–C) groups is 1. The SMILES string of the molecule is CN=C(NCCC(=O)N1CCCCC1C)NCC(c1cccs1)N1CCCC1.I. The van der Waals surface area contributed by atoms with E-state index < -0.39 is 0 Å². The molecule has 3 rings (SSSR count). The molecule has 2 aliphatic heterocycles. The normalized spacial score (nSPS) is 21.5. The average molecular weight is 534 g/mol. The summed E-state index contributed by atoms with van der Waals surface area (Å²) in [6.07, 6.45) is 6.59. The number of nitrogens with one attached hydrogen (secondary N) is 2. The molecule has 2 N–H and O–H groups in total. The van der Waals surface area contributed by atoms with Crippen molar-refractivity contribution in [1.82, 2.24) is 20.4 Å². The number of nitrogens with zero attached hydrogens (tertiary/aromatic N) is 3. The summed E-state index contributed by atoms with van der Waals surface area (Å²) in [5.74, 6) is 1.03. The Balaban J connectivity index is 0.00000300. The molecule has 0 spiro atoms. The molecule has 0 bridgehead atoms. The molecule has 1 aromatic rings. The Morgan fingerprint density at radius 3 is 2.66 bits per heavy atom. The molecular formula is C21H36IN5OS. The van der Waals surface area contributed by atoms with E-state index in [1.165, 1.54) is 37.2 Å². The van der Waals surface area contributed by atoms with Crippen molar-refractivity contribution in [3.63, 3.8) is 0 Å². The lowest BCUT2D eigenvalue weighted by Crippen LogP contribution is -2.45. The summed E-state index contributed by atoms with van der Waals surface area (Å²) in [6, 6.07) is 5.12. The Morgan fingerprint density at radius 2 is 2.00 bits per heavy atom. The number of likely N-dealkylation sites (tertiary alicyclic amines) is 2. The van der Waals surface area contributed by atoms with E-state index in [4.69, 9.17) is 0 Å². The van der Waals surface area contributed by atoms with E-state index in [0.717, 1.165) is 31.9 Å². The molecule has 29 heavy (non-hydrogen) atoms. The second-order valence-corrected chi connectivity index (χ2v) is 8.82. The Hall–Kier alpha value is -0.870. The zero-order chi connectivity index (χ0) is 19.8. The number of hydrogen-bond donors (Lipinski definition) is 2. The summed E-state index contributed by atoms with van der Waals surface area (Å²) in [7, 11) is 1.79. The van der Waals surface area contributed by atoms with Gasteiger partial charge in [0.1, 0.15) is 0 Å². The number of carbonyl (C=O) groups excluding carboxylic acids is 1. The van der Waals surface area contributed by atoms with Crippen LogP contribution in [0.5, 0.6) is 0 Å². The van der Waals surface area contributed by atoms with Crippen molar-refractivity contribution >= 4 is 47.2 Å². The van der Waals surface area contributed by atoms with E-state index in [-0.39, 0.29) is 29.9 Å². The second kappa shape index (κ2) is 12.7. The Bertz CT molecular complexity index is 633. The largest absolute Gasteiger partial charge is 0.356 e. The molecule has 2 atom stereocenters. The number of thiophene rings is 1. The summed E-state index contributed by atoms with van der Waals surface area (Å²) in [5.41, 5.74) is 0. The van der Waals surface area contributed by atoms with Crippen LogP contribution in [-0.4, -0.2) is 67.5 Å². The van der Waals surface area contributed by atoms with Gasteiger partial charge >= 0.3 is 0 Å². The molecule has 0 radical (unpaired) electrons. The molecule has 2 unspecified atom stereocenters. The highest BCUT2D eigenvalue weighted by atomic mass is 127. The van der Waals surface area contributed by atoms with Crippen molar-refractivity contribution in [2.75, 3.05) is 39.8 Å². The summed E-state index contributed by atoms with van der Waals surface area (Å²) in [5, 5.41) is 8.95. The van der Waals surface area contributed by atoms with Gasteiger partial charge < -0.3 is 15.5 Å². The lowest BCUT2D eigenvalue weighted by molar-refractivity contribution is -0.134. The minimum atomic E-state index is 0. The second-order valence-electron chi connectivity index (χ2n) is 7.84. The van der Waals surface area contributed by atoms with Crippen LogP contribution in [0.1, 0.15) is 56.4 Å². The standard InChI is InChI=1S/C21H35N5OS.HI/c1-17-8-3-4-14-26(17)20(27)10-11-23-21(22-2)24-16-18(19-9-7-15-28-19)25-12-5-6-13-25;/h7,9,15,17-18H,3-6,8,10-14,16H2,1-2H3,(H2,22,23,24);1H. The lowest BCUT2D eigenvalue weighted by Gasteiger charge is -2.33. The van der Waals surface area contributed by atoms with Gasteiger partial charge in [0, 0.05) is 44.0 Å². The number of guanidine groups is 1. The highest BCUT2D eigenvalue weighted by molar-refractivity contribution is 14.0. The summed E-state index contributed by atoms with van der Waals surface area (Å²) in [4.78, 5) is 22.8. The fraction of sp³-hybridized carbons (Fsp3) is 0.714. The van der Waals surface area contributed by atoms with Gasteiger partial charge in [-0.25, -0.2) is 0 Å². The summed E-state index contributed by atoms with van der Waals surface area (Å²) in [6.45, 7) is 6.85. The van der Waals surface area contributed by atoms with Crippen molar-refractivity contribution in [3.8, 4) is 0 Å². The first-order valence-corrected chi connectivity index (χ1v) is 11.6. The third-order valence-electron chi connectivity index (χ3n) is 5.89. The third kappa shape index (κ3) is 7.10. The van der Waals surface area contributed by atoms with Crippen LogP contribution >= 0.6 is 35.3 Å². The van der Waals surface area contributed by atoms with E-state index in [9.17, 15) is 4.79 Å². The quantitative estimate of drug-likeness (QED) is 0.320. The van der Waals surface area contributed by atoms with E-state index in [0.29, 0.717) is 25.0 Å². The van der Waals surface area contributed by atoms with Crippen molar-refractivity contribution < 1.29 is 4.79 Å². The molecule has 0 aromatic carbocycles. The van der Waals surface area contributed by atoms with E-state index in [1.807, 2.05) is 16.2 Å². The molecule has 2 saturated heterocycles. The van der Waals surface area contributed by atoms with Crippen LogP contribution in [0.3, 0.4) is 0 Å². The number of carbonyl (C=O) groups is 1. The van der Waals surface area contributed by atoms with Gasteiger partial charge in [0.15, 0.2) is 5.96 Å².